The number of rotatable bonds is 2. The number of halogens is 3. The minimum absolute atomic E-state index is 0.0410. The van der Waals surface area contributed by atoms with Crippen LogP contribution < -0.4 is 10.2 Å². The van der Waals surface area contributed by atoms with Crippen LogP contribution in [0.4, 0.5) is 10.1 Å². The number of anilines is 1. The zero-order chi connectivity index (χ0) is 13.3. The minimum Gasteiger partial charge on any atom is -0.366 e. The standard InChI is InChI=1S/C13H17Cl2FN2/c1-3-13(2)8-18(5-4-17-13)12-10(14)6-9(16)7-11(12)15/h6-7,17H,3-5,8H2,1-2H3. The molecule has 0 radical (unpaired) electrons. The number of benzene rings is 1. The number of nitrogens with one attached hydrogen (secondary N) is 1. The predicted octanol–water partition coefficient (Wildman–Crippen LogP) is 3.71. The van der Waals surface area contributed by atoms with Crippen molar-refractivity contribution in [2.24, 2.45) is 0 Å². The Kier molecular flexibility index (Phi) is 4.05. The first-order valence-electron chi connectivity index (χ1n) is 6.10. The van der Waals surface area contributed by atoms with Crippen LogP contribution in [0.5, 0.6) is 0 Å². The Morgan fingerprint density at radius 2 is 2.00 bits per heavy atom. The molecule has 0 spiro atoms. The van der Waals surface area contributed by atoms with Crippen LogP contribution in [-0.2, 0) is 0 Å². The Morgan fingerprint density at radius 3 is 2.56 bits per heavy atom. The lowest BCUT2D eigenvalue weighted by molar-refractivity contribution is 0.314. The average Bonchev–Trinajstić information content (AvgIpc) is 2.28. The van der Waals surface area contributed by atoms with Crippen LogP contribution in [0.25, 0.3) is 0 Å². The highest BCUT2D eigenvalue weighted by molar-refractivity contribution is 6.39. The van der Waals surface area contributed by atoms with Crippen LogP contribution in [0.15, 0.2) is 12.1 Å². The molecule has 1 aliphatic rings. The van der Waals surface area contributed by atoms with Crippen molar-refractivity contribution in [3.8, 4) is 0 Å². The zero-order valence-corrected chi connectivity index (χ0v) is 12.1. The smallest absolute Gasteiger partial charge is 0.126 e. The van der Waals surface area contributed by atoms with Gasteiger partial charge in [-0.25, -0.2) is 4.39 Å². The lowest BCUT2D eigenvalue weighted by atomic mass is 9.95. The molecular weight excluding hydrogens is 274 g/mol. The van der Waals surface area contributed by atoms with Gasteiger partial charge in [0, 0.05) is 25.2 Å². The molecule has 100 valence electrons. The normalized spacial score (nSPS) is 24.4. The molecule has 1 N–H and O–H groups in total. The number of piperazine rings is 1. The van der Waals surface area contributed by atoms with Gasteiger partial charge in [0.2, 0.25) is 0 Å². The van der Waals surface area contributed by atoms with Gasteiger partial charge in [-0.15, -0.1) is 0 Å². The summed E-state index contributed by atoms with van der Waals surface area (Å²) in [5, 5.41) is 4.24. The Bertz CT molecular complexity index is 430. The van der Waals surface area contributed by atoms with Crippen LogP contribution in [0.2, 0.25) is 10.0 Å². The fourth-order valence-corrected chi connectivity index (χ4v) is 3.01. The molecule has 1 aliphatic heterocycles. The molecule has 1 aromatic rings. The molecule has 0 amide bonds. The van der Waals surface area contributed by atoms with E-state index in [0.717, 1.165) is 31.7 Å². The largest absolute Gasteiger partial charge is 0.366 e. The highest BCUT2D eigenvalue weighted by Crippen LogP contribution is 2.36. The van der Waals surface area contributed by atoms with E-state index in [2.05, 4.69) is 24.1 Å². The van der Waals surface area contributed by atoms with Gasteiger partial charge in [0.1, 0.15) is 5.82 Å². The van der Waals surface area contributed by atoms with E-state index in [1.54, 1.807) is 0 Å². The summed E-state index contributed by atoms with van der Waals surface area (Å²) in [4.78, 5) is 2.13. The van der Waals surface area contributed by atoms with Crippen LogP contribution in [0.1, 0.15) is 20.3 Å². The van der Waals surface area contributed by atoms with Crippen LogP contribution in [-0.4, -0.2) is 25.2 Å². The lowest BCUT2D eigenvalue weighted by Gasteiger charge is -2.42. The van der Waals surface area contributed by atoms with E-state index in [1.807, 2.05) is 0 Å². The first kappa shape index (κ1) is 13.9. The molecule has 1 unspecified atom stereocenters. The third-order valence-corrected chi connectivity index (χ3v) is 4.13. The highest BCUT2D eigenvalue weighted by atomic mass is 35.5. The van der Waals surface area contributed by atoms with Crippen molar-refractivity contribution in [1.82, 2.24) is 5.32 Å². The maximum atomic E-state index is 13.2. The first-order valence-corrected chi connectivity index (χ1v) is 6.85. The molecule has 0 saturated carbocycles. The molecular formula is C13H17Cl2FN2. The van der Waals surface area contributed by atoms with Gasteiger partial charge in [-0.1, -0.05) is 30.1 Å². The van der Waals surface area contributed by atoms with Crippen molar-refractivity contribution in [1.29, 1.82) is 0 Å². The van der Waals surface area contributed by atoms with E-state index < -0.39 is 5.82 Å². The predicted molar refractivity (Wildman–Crippen MR) is 75.3 cm³/mol. The van der Waals surface area contributed by atoms with Gasteiger partial charge in [-0.3, -0.25) is 0 Å². The van der Waals surface area contributed by atoms with Gasteiger partial charge in [-0.2, -0.15) is 0 Å². The second kappa shape index (κ2) is 5.24. The maximum absolute atomic E-state index is 13.2. The molecule has 2 rings (SSSR count). The van der Waals surface area contributed by atoms with Crippen molar-refractivity contribution in [3.05, 3.63) is 28.0 Å². The first-order chi connectivity index (χ1) is 8.45. The van der Waals surface area contributed by atoms with Crippen LogP contribution in [0, 0.1) is 5.82 Å². The van der Waals surface area contributed by atoms with Crippen molar-refractivity contribution >= 4 is 28.9 Å². The molecule has 1 fully saturated rings. The monoisotopic (exact) mass is 290 g/mol. The van der Waals surface area contributed by atoms with Gasteiger partial charge in [0.25, 0.3) is 0 Å². The van der Waals surface area contributed by atoms with Crippen LogP contribution in [0.3, 0.4) is 0 Å². The second-order valence-corrected chi connectivity index (χ2v) is 5.79. The van der Waals surface area contributed by atoms with E-state index in [0.29, 0.717) is 10.0 Å². The van der Waals surface area contributed by atoms with E-state index in [-0.39, 0.29) is 5.54 Å². The van der Waals surface area contributed by atoms with Crippen LogP contribution >= 0.6 is 23.2 Å². The number of hydrogen-bond acceptors (Lipinski definition) is 2. The van der Waals surface area contributed by atoms with E-state index >= 15 is 0 Å². The fraction of sp³-hybridized carbons (Fsp3) is 0.538. The maximum Gasteiger partial charge on any atom is 0.126 e. The van der Waals surface area contributed by atoms with Gasteiger partial charge in [-0.05, 0) is 25.5 Å². The summed E-state index contributed by atoms with van der Waals surface area (Å²) >= 11 is 12.2. The molecule has 18 heavy (non-hydrogen) atoms. The minimum atomic E-state index is -0.401. The summed E-state index contributed by atoms with van der Waals surface area (Å²) in [7, 11) is 0. The van der Waals surface area contributed by atoms with Gasteiger partial charge in [0.05, 0.1) is 15.7 Å². The Balaban J connectivity index is 2.32. The average molecular weight is 291 g/mol. The third kappa shape index (κ3) is 2.73. The van der Waals surface area contributed by atoms with Crippen molar-refractivity contribution in [2.45, 2.75) is 25.8 Å². The molecule has 0 bridgehead atoms. The van der Waals surface area contributed by atoms with Gasteiger partial charge in [0.15, 0.2) is 0 Å². The summed E-state index contributed by atoms with van der Waals surface area (Å²) in [5.74, 6) is -0.401. The molecule has 1 saturated heterocycles. The van der Waals surface area contributed by atoms with Crippen molar-refractivity contribution < 1.29 is 4.39 Å². The van der Waals surface area contributed by atoms with E-state index in [1.165, 1.54) is 12.1 Å². The highest BCUT2D eigenvalue weighted by Gasteiger charge is 2.30. The molecule has 0 aliphatic carbocycles. The van der Waals surface area contributed by atoms with E-state index in [4.69, 9.17) is 23.2 Å². The number of nitrogens with zero attached hydrogens (tertiary/aromatic N) is 1. The second-order valence-electron chi connectivity index (χ2n) is 4.98. The third-order valence-electron chi connectivity index (χ3n) is 3.55. The summed E-state index contributed by atoms with van der Waals surface area (Å²) in [6.07, 6.45) is 1.01. The number of hydrogen-bond donors (Lipinski definition) is 1. The molecule has 0 aromatic heterocycles. The quantitative estimate of drug-likeness (QED) is 0.893. The molecule has 2 nitrogen and oxygen atoms in total. The summed E-state index contributed by atoms with van der Waals surface area (Å²) in [6.45, 7) is 6.82. The van der Waals surface area contributed by atoms with E-state index in [9.17, 15) is 4.39 Å². The lowest BCUT2D eigenvalue weighted by Crippen LogP contribution is -2.58. The van der Waals surface area contributed by atoms with Gasteiger partial charge < -0.3 is 10.2 Å². The summed E-state index contributed by atoms with van der Waals surface area (Å²) in [5.41, 5.74) is 0.778. The van der Waals surface area contributed by atoms with Crippen molar-refractivity contribution in [3.63, 3.8) is 0 Å². The molecule has 1 atom stereocenters. The van der Waals surface area contributed by atoms with Crippen molar-refractivity contribution in [2.75, 3.05) is 24.5 Å². The molecule has 1 heterocycles. The molecule has 5 heteroatoms. The Labute approximate surface area is 117 Å². The summed E-state index contributed by atoms with van der Waals surface area (Å²) in [6, 6.07) is 2.63. The fourth-order valence-electron chi connectivity index (χ4n) is 2.31. The Hall–Kier alpha value is -0.510. The van der Waals surface area contributed by atoms with Gasteiger partial charge >= 0.3 is 0 Å². The molecule has 1 aromatic carbocycles. The SMILES string of the molecule is CCC1(C)CN(c2c(Cl)cc(F)cc2Cl)CCN1. The summed E-state index contributed by atoms with van der Waals surface area (Å²) < 4.78 is 13.2. The zero-order valence-electron chi connectivity index (χ0n) is 10.6. The Morgan fingerprint density at radius 1 is 1.39 bits per heavy atom. The topological polar surface area (TPSA) is 15.3 Å².